The van der Waals surface area contributed by atoms with Crippen LogP contribution in [0.25, 0.3) is 0 Å². The molecule has 0 heterocycles. The molecule has 18 heavy (non-hydrogen) atoms. The van der Waals surface area contributed by atoms with Crippen LogP contribution in [0, 0.1) is 11.8 Å². The molecule has 104 valence electrons. The molecule has 3 unspecified atom stereocenters. The minimum atomic E-state index is -0.954. The maximum Gasteiger partial charge on any atom is 0.326 e. The number of amides is 2. The molecule has 5 nitrogen and oxygen atoms in total. The quantitative estimate of drug-likeness (QED) is 0.789. The fourth-order valence-corrected chi connectivity index (χ4v) is 2.62. The summed E-state index contributed by atoms with van der Waals surface area (Å²) in [5.74, 6) is 0.230. The Morgan fingerprint density at radius 2 is 2.11 bits per heavy atom. The van der Waals surface area contributed by atoms with Crippen LogP contribution >= 0.6 is 0 Å². The molecule has 1 aliphatic rings. The van der Waals surface area contributed by atoms with Crippen LogP contribution in [-0.4, -0.2) is 41.6 Å². The number of urea groups is 1. The molecule has 0 bridgehead atoms. The van der Waals surface area contributed by atoms with Crippen molar-refractivity contribution in [3.8, 4) is 0 Å². The second kappa shape index (κ2) is 6.61. The first-order chi connectivity index (χ1) is 8.47. The topological polar surface area (TPSA) is 69.6 Å². The molecule has 0 aromatic rings. The Morgan fingerprint density at radius 3 is 2.56 bits per heavy atom. The van der Waals surface area contributed by atoms with Crippen molar-refractivity contribution < 1.29 is 14.7 Å². The molecule has 0 aromatic heterocycles. The summed E-state index contributed by atoms with van der Waals surface area (Å²) in [4.78, 5) is 24.1. The van der Waals surface area contributed by atoms with Crippen molar-refractivity contribution in [1.29, 1.82) is 0 Å². The first-order valence-electron chi connectivity index (χ1n) is 6.70. The number of likely N-dealkylation sites (N-methyl/N-ethyl adjacent to an activating group) is 1. The summed E-state index contributed by atoms with van der Waals surface area (Å²) < 4.78 is 0. The summed E-state index contributed by atoms with van der Waals surface area (Å²) in [7, 11) is 1.54. The van der Waals surface area contributed by atoms with Crippen LogP contribution in [0.4, 0.5) is 4.79 Å². The largest absolute Gasteiger partial charge is 0.480 e. The number of hydrogen-bond acceptors (Lipinski definition) is 2. The maximum absolute atomic E-state index is 11.9. The van der Waals surface area contributed by atoms with E-state index in [9.17, 15) is 9.59 Å². The van der Waals surface area contributed by atoms with Crippen molar-refractivity contribution >= 4 is 12.0 Å². The van der Waals surface area contributed by atoms with E-state index in [1.807, 2.05) is 0 Å². The molecule has 1 aliphatic carbocycles. The number of hydrogen-bond donors (Lipinski definition) is 2. The second-order valence-electron chi connectivity index (χ2n) is 5.23. The first-order valence-corrected chi connectivity index (χ1v) is 6.70. The molecule has 2 N–H and O–H groups in total. The summed E-state index contributed by atoms with van der Waals surface area (Å²) in [6.07, 6.45) is 4.02. The molecule has 0 radical (unpaired) electrons. The third kappa shape index (κ3) is 3.62. The predicted octanol–water partition coefficient (Wildman–Crippen LogP) is 1.93. The van der Waals surface area contributed by atoms with Gasteiger partial charge in [0.1, 0.15) is 6.04 Å². The van der Waals surface area contributed by atoms with Crippen LogP contribution in [0.15, 0.2) is 0 Å². The Morgan fingerprint density at radius 1 is 1.44 bits per heavy atom. The van der Waals surface area contributed by atoms with Gasteiger partial charge >= 0.3 is 12.0 Å². The first kappa shape index (κ1) is 14.8. The van der Waals surface area contributed by atoms with Gasteiger partial charge in [-0.2, -0.15) is 0 Å². The van der Waals surface area contributed by atoms with Crippen molar-refractivity contribution in [2.24, 2.45) is 11.8 Å². The Kier molecular flexibility index (Phi) is 5.44. The summed E-state index contributed by atoms with van der Waals surface area (Å²) in [5, 5.41) is 11.8. The zero-order valence-electron chi connectivity index (χ0n) is 11.5. The summed E-state index contributed by atoms with van der Waals surface area (Å²) >= 11 is 0. The highest BCUT2D eigenvalue weighted by atomic mass is 16.4. The van der Waals surface area contributed by atoms with Crippen LogP contribution in [0.5, 0.6) is 0 Å². The molecule has 3 atom stereocenters. The van der Waals surface area contributed by atoms with Crippen LogP contribution < -0.4 is 5.32 Å². The minimum absolute atomic E-state index is 0.289. The van der Waals surface area contributed by atoms with Crippen LogP contribution in [0.2, 0.25) is 0 Å². The third-order valence-electron chi connectivity index (χ3n) is 4.01. The van der Waals surface area contributed by atoms with Gasteiger partial charge in [0.25, 0.3) is 0 Å². The number of carbonyl (C=O) groups is 2. The van der Waals surface area contributed by atoms with E-state index in [1.165, 1.54) is 24.8 Å². The van der Waals surface area contributed by atoms with Gasteiger partial charge in [0.2, 0.25) is 0 Å². The highest BCUT2D eigenvalue weighted by Crippen LogP contribution is 2.30. The normalized spacial score (nSPS) is 24.6. The lowest BCUT2D eigenvalue weighted by molar-refractivity contribution is -0.141. The van der Waals surface area contributed by atoms with Gasteiger partial charge in [0.05, 0.1) is 0 Å². The van der Waals surface area contributed by atoms with E-state index in [1.54, 1.807) is 6.92 Å². The number of nitrogens with one attached hydrogen (secondary N) is 1. The summed E-state index contributed by atoms with van der Waals surface area (Å²) in [5.41, 5.74) is 0. The molecule has 1 fully saturated rings. The smallest absolute Gasteiger partial charge is 0.326 e. The van der Waals surface area contributed by atoms with E-state index in [0.29, 0.717) is 24.8 Å². The van der Waals surface area contributed by atoms with Gasteiger partial charge in [-0.05, 0) is 24.7 Å². The van der Waals surface area contributed by atoms with E-state index < -0.39 is 12.0 Å². The number of carboxylic acids is 1. The maximum atomic E-state index is 11.9. The van der Waals surface area contributed by atoms with E-state index in [2.05, 4.69) is 12.2 Å². The number of nitrogens with zero attached hydrogens (tertiary/aromatic N) is 1. The van der Waals surface area contributed by atoms with Crippen molar-refractivity contribution in [2.75, 3.05) is 13.6 Å². The average molecular weight is 256 g/mol. The molecule has 0 aliphatic heterocycles. The highest BCUT2D eigenvalue weighted by molar-refractivity contribution is 5.82. The van der Waals surface area contributed by atoms with Crippen molar-refractivity contribution in [3.63, 3.8) is 0 Å². The van der Waals surface area contributed by atoms with Crippen LogP contribution in [0.1, 0.15) is 39.5 Å². The molecule has 0 spiro atoms. The van der Waals surface area contributed by atoms with Gasteiger partial charge in [-0.15, -0.1) is 0 Å². The van der Waals surface area contributed by atoms with Gasteiger partial charge in [0.15, 0.2) is 0 Å². The van der Waals surface area contributed by atoms with Gasteiger partial charge < -0.3 is 15.3 Å². The van der Waals surface area contributed by atoms with E-state index in [-0.39, 0.29) is 6.03 Å². The molecular weight excluding hydrogens is 232 g/mol. The minimum Gasteiger partial charge on any atom is -0.480 e. The molecule has 2 amide bonds. The Balaban J connectivity index is 2.42. The van der Waals surface area contributed by atoms with E-state index in [4.69, 9.17) is 5.11 Å². The summed E-state index contributed by atoms with van der Waals surface area (Å²) in [6, 6.07) is -1.03. The standard InChI is InChI=1S/C13H24N2O3/c1-4-11(12(16)17)15(3)13(18)14-8-10-7-5-6-9(10)2/h9-11H,4-8H2,1-3H3,(H,14,18)(H,16,17). The van der Waals surface area contributed by atoms with Crippen LogP contribution in [0.3, 0.4) is 0 Å². The number of rotatable bonds is 5. The molecule has 0 saturated heterocycles. The summed E-state index contributed by atoms with van der Waals surface area (Å²) in [6.45, 7) is 4.63. The lowest BCUT2D eigenvalue weighted by atomic mass is 9.98. The monoisotopic (exact) mass is 256 g/mol. The molecule has 1 rings (SSSR count). The lowest BCUT2D eigenvalue weighted by Crippen LogP contribution is -2.48. The Bertz CT molecular complexity index is 307. The van der Waals surface area contributed by atoms with Crippen molar-refractivity contribution in [1.82, 2.24) is 10.2 Å². The molecule has 0 aromatic carbocycles. The Hall–Kier alpha value is -1.26. The van der Waals surface area contributed by atoms with Crippen LogP contribution in [-0.2, 0) is 4.79 Å². The van der Waals surface area contributed by atoms with E-state index >= 15 is 0 Å². The predicted molar refractivity (Wildman–Crippen MR) is 69.4 cm³/mol. The van der Waals surface area contributed by atoms with Crippen molar-refractivity contribution in [2.45, 2.75) is 45.6 Å². The number of carbonyl (C=O) groups excluding carboxylic acids is 1. The highest BCUT2D eigenvalue weighted by Gasteiger charge is 2.27. The fraction of sp³-hybridized carbons (Fsp3) is 0.846. The lowest BCUT2D eigenvalue weighted by Gasteiger charge is -2.25. The van der Waals surface area contributed by atoms with Gasteiger partial charge in [0, 0.05) is 13.6 Å². The Labute approximate surface area is 109 Å². The molecular formula is C13H24N2O3. The van der Waals surface area contributed by atoms with Gasteiger partial charge in [-0.3, -0.25) is 0 Å². The molecule has 1 saturated carbocycles. The number of aliphatic carboxylic acids is 1. The second-order valence-corrected chi connectivity index (χ2v) is 5.23. The van der Waals surface area contributed by atoms with E-state index in [0.717, 1.165) is 6.42 Å². The SMILES string of the molecule is CCC(C(=O)O)N(C)C(=O)NCC1CCCC1C. The third-order valence-corrected chi connectivity index (χ3v) is 4.01. The average Bonchev–Trinajstić information content (AvgIpc) is 2.72. The van der Waals surface area contributed by atoms with Gasteiger partial charge in [-0.1, -0.05) is 26.7 Å². The van der Waals surface area contributed by atoms with Gasteiger partial charge in [-0.25, -0.2) is 9.59 Å². The zero-order valence-corrected chi connectivity index (χ0v) is 11.5. The number of carboxylic acid groups (broad SMARTS) is 1. The molecule has 5 heteroatoms. The van der Waals surface area contributed by atoms with Crippen molar-refractivity contribution in [3.05, 3.63) is 0 Å². The fourth-order valence-electron chi connectivity index (χ4n) is 2.62. The zero-order chi connectivity index (χ0) is 13.7.